The summed E-state index contributed by atoms with van der Waals surface area (Å²) in [5.41, 5.74) is 4.27. The van der Waals surface area contributed by atoms with Crippen LogP contribution in [-0.4, -0.2) is 74.8 Å². The maximum atomic E-state index is 10.1. The van der Waals surface area contributed by atoms with Gasteiger partial charge in [-0.25, -0.2) is 15.0 Å². The molecule has 37 heavy (non-hydrogen) atoms. The number of pyridine rings is 1. The fourth-order valence-electron chi connectivity index (χ4n) is 4.51. The summed E-state index contributed by atoms with van der Waals surface area (Å²) in [6, 6.07) is 11.3. The highest BCUT2D eigenvalue weighted by Gasteiger charge is 2.29. The lowest BCUT2D eigenvalue weighted by molar-refractivity contribution is 0.0724. The Bertz CT molecular complexity index is 1430. The van der Waals surface area contributed by atoms with Gasteiger partial charge in [0.05, 0.1) is 31.6 Å². The number of imidazole rings is 1. The van der Waals surface area contributed by atoms with E-state index in [0.29, 0.717) is 54.8 Å². The number of fused-ring (bicyclic) bond motifs is 1. The van der Waals surface area contributed by atoms with Crippen molar-refractivity contribution in [3.05, 3.63) is 66.6 Å². The monoisotopic (exact) mass is 498 g/mol. The lowest BCUT2D eigenvalue weighted by Gasteiger charge is -2.35. The van der Waals surface area contributed by atoms with Crippen LogP contribution in [0.5, 0.6) is 0 Å². The third-order valence-electron chi connectivity index (χ3n) is 6.39. The number of benzene rings is 1. The highest BCUT2D eigenvalue weighted by Crippen LogP contribution is 2.33. The van der Waals surface area contributed by atoms with Crippen LogP contribution >= 0.6 is 0 Å². The van der Waals surface area contributed by atoms with E-state index >= 15 is 0 Å². The number of aryl methyl sites for hydroxylation is 1. The molecule has 10 nitrogen and oxygen atoms in total. The molecule has 1 saturated heterocycles. The number of hydrogen-bond donors (Lipinski definition) is 3. The molecule has 190 valence electrons. The van der Waals surface area contributed by atoms with Crippen molar-refractivity contribution in [2.75, 3.05) is 38.3 Å². The number of aliphatic hydroxyl groups excluding tert-OH is 1. The molecule has 0 bridgehead atoms. The number of ether oxygens (including phenoxy) is 1. The number of morpholine rings is 1. The molecule has 4 aromatic rings. The molecule has 1 atom stereocenters. The molecule has 1 aliphatic rings. The second kappa shape index (κ2) is 10.9. The Kier molecular flexibility index (Phi) is 7.20. The van der Waals surface area contributed by atoms with Crippen LogP contribution in [0.15, 0.2) is 61.1 Å². The molecule has 1 fully saturated rings. The Balaban J connectivity index is 1.72. The molecule has 3 N–H and O–H groups in total. The molecular formula is C27H30N8O2. The summed E-state index contributed by atoms with van der Waals surface area (Å²) in [4.78, 5) is 21.2. The SMILES string of the molecule is CCn1c(-c2ccncc2)nc2c(N3CCOC[C@H]3CO)nc(-c3cccc(C(=N)/C=C\NC)c3)nc21. The van der Waals surface area contributed by atoms with Gasteiger partial charge < -0.3 is 30.0 Å². The number of aromatic nitrogens is 5. The zero-order valence-electron chi connectivity index (χ0n) is 20.9. The quantitative estimate of drug-likeness (QED) is 0.317. The van der Waals surface area contributed by atoms with Gasteiger partial charge in [-0.15, -0.1) is 0 Å². The highest BCUT2D eigenvalue weighted by atomic mass is 16.5. The van der Waals surface area contributed by atoms with Crippen LogP contribution in [-0.2, 0) is 11.3 Å². The predicted molar refractivity (Wildman–Crippen MR) is 144 cm³/mol. The third-order valence-corrected chi connectivity index (χ3v) is 6.39. The van der Waals surface area contributed by atoms with Gasteiger partial charge in [-0.05, 0) is 37.4 Å². The van der Waals surface area contributed by atoms with E-state index in [1.165, 1.54) is 0 Å². The van der Waals surface area contributed by atoms with Crippen molar-refractivity contribution < 1.29 is 9.84 Å². The predicted octanol–water partition coefficient (Wildman–Crippen LogP) is 2.87. The minimum Gasteiger partial charge on any atom is -0.394 e. The third kappa shape index (κ3) is 4.81. The van der Waals surface area contributed by atoms with E-state index in [4.69, 9.17) is 25.1 Å². The summed E-state index contributed by atoms with van der Waals surface area (Å²) in [5.74, 6) is 1.99. The van der Waals surface area contributed by atoms with E-state index < -0.39 is 0 Å². The number of nitrogens with zero attached hydrogens (tertiary/aromatic N) is 6. The number of allylic oxidation sites excluding steroid dienone is 1. The molecule has 10 heteroatoms. The van der Waals surface area contributed by atoms with Gasteiger partial charge in [0.2, 0.25) is 0 Å². The molecule has 4 heterocycles. The minimum absolute atomic E-state index is 0.0586. The van der Waals surface area contributed by atoms with E-state index in [1.807, 2.05) is 36.4 Å². The van der Waals surface area contributed by atoms with E-state index in [9.17, 15) is 5.11 Å². The van der Waals surface area contributed by atoms with Crippen LogP contribution in [0.1, 0.15) is 12.5 Å². The van der Waals surface area contributed by atoms with Crippen molar-refractivity contribution in [2.45, 2.75) is 19.5 Å². The van der Waals surface area contributed by atoms with Gasteiger partial charge in [0, 0.05) is 49.2 Å². The minimum atomic E-state index is -0.234. The Labute approximate surface area is 215 Å². The smallest absolute Gasteiger partial charge is 0.166 e. The fourth-order valence-corrected chi connectivity index (χ4v) is 4.51. The number of nitrogens with one attached hydrogen (secondary N) is 2. The first kappa shape index (κ1) is 24.5. The molecule has 3 aromatic heterocycles. The maximum absolute atomic E-state index is 10.1. The topological polar surface area (TPSA) is 125 Å². The lowest BCUT2D eigenvalue weighted by Crippen LogP contribution is -2.48. The second-order valence-corrected chi connectivity index (χ2v) is 8.68. The Hall–Kier alpha value is -4.15. The highest BCUT2D eigenvalue weighted by molar-refractivity contribution is 6.07. The van der Waals surface area contributed by atoms with Gasteiger partial charge in [0.15, 0.2) is 22.8 Å². The zero-order chi connectivity index (χ0) is 25.8. The molecular weight excluding hydrogens is 468 g/mol. The number of anilines is 1. The summed E-state index contributed by atoms with van der Waals surface area (Å²) in [6.07, 6.45) is 6.93. The maximum Gasteiger partial charge on any atom is 0.166 e. The van der Waals surface area contributed by atoms with Gasteiger partial charge in [0.25, 0.3) is 0 Å². The first-order valence-electron chi connectivity index (χ1n) is 12.3. The van der Waals surface area contributed by atoms with Gasteiger partial charge in [0.1, 0.15) is 5.82 Å². The van der Waals surface area contributed by atoms with Crippen LogP contribution in [0, 0.1) is 5.41 Å². The van der Waals surface area contributed by atoms with Crippen LogP contribution in [0.25, 0.3) is 33.9 Å². The fraction of sp³-hybridized carbons (Fsp3) is 0.296. The van der Waals surface area contributed by atoms with Gasteiger partial charge in [-0.1, -0.05) is 18.2 Å². The number of rotatable bonds is 8. The van der Waals surface area contributed by atoms with E-state index in [1.54, 1.807) is 31.7 Å². The molecule has 5 rings (SSSR count). The zero-order valence-corrected chi connectivity index (χ0v) is 20.9. The van der Waals surface area contributed by atoms with Crippen LogP contribution in [0.4, 0.5) is 5.82 Å². The van der Waals surface area contributed by atoms with E-state index in [2.05, 4.69) is 26.7 Å². The molecule has 0 unspecified atom stereocenters. The van der Waals surface area contributed by atoms with Crippen molar-refractivity contribution in [1.82, 2.24) is 29.8 Å². The van der Waals surface area contributed by atoms with Gasteiger partial charge >= 0.3 is 0 Å². The van der Waals surface area contributed by atoms with Crippen LogP contribution in [0.2, 0.25) is 0 Å². The lowest BCUT2D eigenvalue weighted by atomic mass is 10.1. The van der Waals surface area contributed by atoms with E-state index in [-0.39, 0.29) is 12.6 Å². The normalized spacial score (nSPS) is 16.0. The van der Waals surface area contributed by atoms with Gasteiger partial charge in [-0.3, -0.25) is 4.98 Å². The summed E-state index contributed by atoms with van der Waals surface area (Å²) >= 11 is 0. The molecule has 0 radical (unpaired) electrons. The summed E-state index contributed by atoms with van der Waals surface area (Å²) < 4.78 is 7.71. The first-order chi connectivity index (χ1) is 18.1. The Morgan fingerprint density at radius 1 is 1.19 bits per heavy atom. The molecule has 1 aromatic carbocycles. The largest absolute Gasteiger partial charge is 0.394 e. The second-order valence-electron chi connectivity index (χ2n) is 8.68. The van der Waals surface area contributed by atoms with Gasteiger partial charge in [-0.2, -0.15) is 0 Å². The average Bonchev–Trinajstić information content (AvgIpc) is 3.34. The van der Waals surface area contributed by atoms with Crippen LogP contribution < -0.4 is 10.2 Å². The molecule has 1 aliphatic heterocycles. The average molecular weight is 499 g/mol. The number of aliphatic hydroxyl groups is 1. The summed E-state index contributed by atoms with van der Waals surface area (Å²) in [6.45, 7) is 4.20. The van der Waals surface area contributed by atoms with Crippen LogP contribution in [0.3, 0.4) is 0 Å². The molecule has 0 saturated carbocycles. The summed E-state index contributed by atoms with van der Waals surface area (Å²) in [5, 5.41) is 21.4. The first-order valence-corrected chi connectivity index (χ1v) is 12.3. The molecule has 0 amide bonds. The Morgan fingerprint density at radius 3 is 2.78 bits per heavy atom. The molecule has 0 aliphatic carbocycles. The van der Waals surface area contributed by atoms with Crippen molar-refractivity contribution in [2.24, 2.45) is 0 Å². The molecule has 0 spiro atoms. The van der Waals surface area contributed by atoms with Crippen molar-refractivity contribution >= 4 is 22.7 Å². The van der Waals surface area contributed by atoms with Crippen molar-refractivity contribution in [1.29, 1.82) is 5.41 Å². The van der Waals surface area contributed by atoms with Crippen molar-refractivity contribution in [3.8, 4) is 22.8 Å². The Morgan fingerprint density at radius 2 is 2.03 bits per heavy atom. The standard InChI is InChI=1S/C27H30N8O2/c1-3-34-25(18-7-11-30-12-8-18)31-23-26(34)32-24(33-27(23)35-13-14-37-17-21(35)16-36)20-6-4-5-19(15-20)22(28)9-10-29-2/h4-12,15,21,28-29,36H,3,13-14,16-17H2,1-2H3/b10-9-,28-22?/t21-/m1/s1. The number of hydrogen-bond acceptors (Lipinski definition) is 9. The van der Waals surface area contributed by atoms with E-state index in [0.717, 1.165) is 22.5 Å². The summed E-state index contributed by atoms with van der Waals surface area (Å²) in [7, 11) is 1.80. The van der Waals surface area contributed by atoms with Crippen molar-refractivity contribution in [3.63, 3.8) is 0 Å².